The van der Waals surface area contributed by atoms with Crippen molar-refractivity contribution in [2.24, 2.45) is 0 Å². The van der Waals surface area contributed by atoms with Crippen LogP contribution in [0.4, 0.5) is 28.4 Å². The Labute approximate surface area is 230 Å². The molecule has 4 amide bonds. The second-order valence-electron chi connectivity index (χ2n) is 9.59. The van der Waals surface area contributed by atoms with Crippen LogP contribution in [0.2, 0.25) is 0 Å². The van der Waals surface area contributed by atoms with Crippen LogP contribution in [0.3, 0.4) is 0 Å². The number of rotatable bonds is 6. The van der Waals surface area contributed by atoms with Gasteiger partial charge in [-0.2, -0.15) is 18.4 Å². The van der Waals surface area contributed by atoms with Gasteiger partial charge in [-0.3, -0.25) is 4.90 Å². The molecule has 0 radical (unpaired) electrons. The number of alkyl halides is 3. The van der Waals surface area contributed by atoms with E-state index in [4.69, 9.17) is 0 Å². The van der Waals surface area contributed by atoms with Gasteiger partial charge in [-0.1, -0.05) is 42.5 Å². The summed E-state index contributed by atoms with van der Waals surface area (Å²) in [6, 6.07) is 19.5. The number of nitrogens with zero attached hydrogens (tertiary/aromatic N) is 4. The van der Waals surface area contributed by atoms with Crippen molar-refractivity contribution < 1.29 is 22.8 Å². The van der Waals surface area contributed by atoms with Gasteiger partial charge in [-0.15, -0.1) is 0 Å². The lowest BCUT2D eigenvalue weighted by Crippen LogP contribution is -2.54. The van der Waals surface area contributed by atoms with Crippen molar-refractivity contribution in [3.63, 3.8) is 0 Å². The van der Waals surface area contributed by atoms with E-state index in [1.165, 1.54) is 12.1 Å². The Bertz CT molecular complexity index is 1490. The third-order valence-corrected chi connectivity index (χ3v) is 6.60. The highest BCUT2D eigenvalue weighted by Crippen LogP contribution is 2.38. The Morgan fingerprint density at radius 2 is 1.70 bits per heavy atom. The quantitative estimate of drug-likeness (QED) is 0.399. The van der Waals surface area contributed by atoms with E-state index < -0.39 is 23.8 Å². The molecule has 206 valence electrons. The first-order chi connectivity index (χ1) is 19.0. The van der Waals surface area contributed by atoms with Crippen molar-refractivity contribution >= 4 is 23.3 Å². The maximum atomic E-state index is 13.7. The van der Waals surface area contributed by atoms with E-state index in [1.54, 1.807) is 31.2 Å². The number of benzene rings is 3. The number of likely N-dealkylation sites (N-methyl/N-ethyl adjacent to an activating group) is 1. The first-order valence-corrected chi connectivity index (χ1v) is 12.5. The van der Waals surface area contributed by atoms with E-state index in [-0.39, 0.29) is 18.8 Å². The van der Waals surface area contributed by atoms with Gasteiger partial charge in [-0.25, -0.2) is 14.5 Å². The SMILES string of the molecule is CC1=C(c2ccccc2-c2ccc(C#N)cc2)CN(C(=O)NCCN(C)C)C(=O)N1c1cccc(C(F)(F)F)c1. The highest BCUT2D eigenvalue weighted by Gasteiger charge is 2.37. The third-order valence-electron chi connectivity index (χ3n) is 6.60. The van der Waals surface area contributed by atoms with E-state index in [2.05, 4.69) is 11.4 Å². The first kappa shape index (κ1) is 28.4. The normalized spacial score (nSPS) is 14.0. The minimum absolute atomic E-state index is 0.00327. The zero-order valence-corrected chi connectivity index (χ0v) is 22.3. The van der Waals surface area contributed by atoms with Crippen molar-refractivity contribution in [2.75, 3.05) is 38.6 Å². The number of hydrogen-bond donors (Lipinski definition) is 1. The zero-order valence-electron chi connectivity index (χ0n) is 22.3. The fourth-order valence-electron chi connectivity index (χ4n) is 4.51. The largest absolute Gasteiger partial charge is 0.416 e. The molecule has 0 aliphatic carbocycles. The zero-order chi connectivity index (χ0) is 29.0. The van der Waals surface area contributed by atoms with Gasteiger partial charge in [0.2, 0.25) is 0 Å². The molecule has 0 spiro atoms. The number of amides is 4. The minimum Gasteiger partial charge on any atom is -0.336 e. The van der Waals surface area contributed by atoms with Crippen LogP contribution in [0.25, 0.3) is 16.7 Å². The van der Waals surface area contributed by atoms with Crippen LogP contribution in [0, 0.1) is 11.3 Å². The number of carbonyl (C=O) groups excluding carboxylic acids is 2. The summed E-state index contributed by atoms with van der Waals surface area (Å²) in [4.78, 5) is 30.9. The average Bonchev–Trinajstić information content (AvgIpc) is 2.93. The Hall–Kier alpha value is -4.62. The summed E-state index contributed by atoms with van der Waals surface area (Å²) in [5, 5.41) is 11.9. The number of carbonyl (C=O) groups is 2. The fraction of sp³-hybridized carbons (Fsp3) is 0.233. The fourth-order valence-corrected chi connectivity index (χ4v) is 4.51. The number of hydrogen-bond acceptors (Lipinski definition) is 4. The Morgan fingerprint density at radius 1 is 1.02 bits per heavy atom. The summed E-state index contributed by atoms with van der Waals surface area (Å²) >= 11 is 0. The van der Waals surface area contributed by atoms with Crippen molar-refractivity contribution in [3.8, 4) is 17.2 Å². The van der Waals surface area contributed by atoms with Gasteiger partial charge in [0.05, 0.1) is 29.4 Å². The Morgan fingerprint density at radius 3 is 2.33 bits per heavy atom. The molecular formula is C30H28F3N5O2. The summed E-state index contributed by atoms with van der Waals surface area (Å²) in [6.45, 7) is 2.39. The van der Waals surface area contributed by atoms with Gasteiger partial charge < -0.3 is 10.2 Å². The molecule has 0 saturated heterocycles. The number of nitrogens with one attached hydrogen (secondary N) is 1. The molecule has 40 heavy (non-hydrogen) atoms. The van der Waals surface area contributed by atoms with Crippen molar-refractivity contribution in [3.05, 3.63) is 95.2 Å². The van der Waals surface area contributed by atoms with Gasteiger partial charge in [0.15, 0.2) is 0 Å². The Kier molecular flexibility index (Phi) is 8.26. The number of allylic oxidation sites excluding steroid dienone is 1. The molecular weight excluding hydrogens is 519 g/mol. The van der Waals surface area contributed by atoms with Crippen LogP contribution in [-0.4, -0.2) is 55.6 Å². The van der Waals surface area contributed by atoms with E-state index in [0.29, 0.717) is 28.9 Å². The number of anilines is 1. The van der Waals surface area contributed by atoms with Crippen molar-refractivity contribution in [1.29, 1.82) is 5.26 Å². The van der Waals surface area contributed by atoms with Crippen LogP contribution in [-0.2, 0) is 6.18 Å². The second kappa shape index (κ2) is 11.6. The second-order valence-corrected chi connectivity index (χ2v) is 9.59. The lowest BCUT2D eigenvalue weighted by atomic mass is 9.91. The molecule has 10 heteroatoms. The standard InChI is InChI=1S/C30H28F3N5O2/c1-20-27(26-10-5-4-9-25(26)22-13-11-21(18-34)12-14-22)19-37(28(39)35-15-16-36(2)3)29(40)38(20)24-8-6-7-23(17-24)30(31,32)33/h4-14,17H,15-16,19H2,1-3H3,(H,35,39). The van der Waals surface area contributed by atoms with Crippen LogP contribution >= 0.6 is 0 Å². The molecule has 0 aromatic heterocycles. The molecule has 7 nitrogen and oxygen atoms in total. The van der Waals surface area contributed by atoms with Gasteiger partial charge in [-0.05, 0) is 73.6 Å². The van der Waals surface area contributed by atoms with Crippen LogP contribution in [0.5, 0.6) is 0 Å². The molecule has 4 rings (SSSR count). The van der Waals surface area contributed by atoms with Crippen LogP contribution in [0.15, 0.2) is 78.5 Å². The molecule has 1 aliphatic heterocycles. The molecule has 3 aromatic carbocycles. The predicted molar refractivity (Wildman–Crippen MR) is 147 cm³/mol. The van der Waals surface area contributed by atoms with Crippen LogP contribution in [0.1, 0.15) is 23.6 Å². The van der Waals surface area contributed by atoms with Gasteiger partial charge in [0.1, 0.15) is 0 Å². The Balaban J connectivity index is 1.85. The lowest BCUT2D eigenvalue weighted by Gasteiger charge is -2.37. The summed E-state index contributed by atoms with van der Waals surface area (Å²) in [6.07, 6.45) is -4.61. The van der Waals surface area contributed by atoms with E-state index in [9.17, 15) is 28.0 Å². The molecule has 0 bridgehead atoms. The predicted octanol–water partition coefficient (Wildman–Crippen LogP) is 6.19. The maximum Gasteiger partial charge on any atom is 0.416 e. The minimum atomic E-state index is -4.61. The molecule has 0 saturated carbocycles. The van der Waals surface area contributed by atoms with Gasteiger partial charge in [0.25, 0.3) is 0 Å². The van der Waals surface area contributed by atoms with Crippen molar-refractivity contribution in [2.45, 2.75) is 13.1 Å². The summed E-state index contributed by atoms with van der Waals surface area (Å²) < 4.78 is 40.7. The third kappa shape index (κ3) is 6.00. The molecule has 1 aliphatic rings. The monoisotopic (exact) mass is 547 g/mol. The maximum absolute atomic E-state index is 13.7. The molecule has 3 aromatic rings. The highest BCUT2D eigenvalue weighted by atomic mass is 19.4. The topological polar surface area (TPSA) is 79.7 Å². The lowest BCUT2D eigenvalue weighted by molar-refractivity contribution is -0.137. The van der Waals surface area contributed by atoms with E-state index in [1.807, 2.05) is 43.3 Å². The summed E-state index contributed by atoms with van der Waals surface area (Å²) in [7, 11) is 3.69. The summed E-state index contributed by atoms with van der Waals surface area (Å²) in [5.74, 6) is 0. The molecule has 0 fully saturated rings. The van der Waals surface area contributed by atoms with Crippen LogP contribution < -0.4 is 10.2 Å². The van der Waals surface area contributed by atoms with Gasteiger partial charge >= 0.3 is 18.2 Å². The highest BCUT2D eigenvalue weighted by molar-refractivity contribution is 6.09. The number of halogens is 3. The van der Waals surface area contributed by atoms with Crippen molar-refractivity contribution in [1.82, 2.24) is 15.1 Å². The number of imide groups is 1. The molecule has 1 heterocycles. The molecule has 1 N–H and O–H groups in total. The first-order valence-electron chi connectivity index (χ1n) is 12.5. The van der Waals surface area contributed by atoms with Gasteiger partial charge in [0, 0.05) is 18.8 Å². The average molecular weight is 548 g/mol. The van der Waals surface area contributed by atoms with E-state index in [0.717, 1.165) is 33.1 Å². The summed E-state index contributed by atoms with van der Waals surface area (Å²) in [5.41, 5.74) is 2.89. The smallest absolute Gasteiger partial charge is 0.336 e. The molecule has 0 atom stereocenters. The molecule has 0 unspecified atom stereocenters. The number of urea groups is 2. The number of nitriles is 1. The van der Waals surface area contributed by atoms with E-state index >= 15 is 0 Å².